The molecule has 1 saturated heterocycles. The maximum absolute atomic E-state index is 13.0. The zero-order chi connectivity index (χ0) is 15.9. The van der Waals surface area contributed by atoms with Gasteiger partial charge in [-0.05, 0) is 49.4 Å². The molecule has 1 aromatic rings. The second-order valence-corrected chi connectivity index (χ2v) is 8.00. The summed E-state index contributed by atoms with van der Waals surface area (Å²) in [7, 11) is -2.01. The first-order valence-corrected chi connectivity index (χ1v) is 9.05. The molecule has 0 radical (unpaired) electrons. The van der Waals surface area contributed by atoms with Gasteiger partial charge in [0.25, 0.3) is 0 Å². The number of hydrogen-bond donors (Lipinski definition) is 0. The van der Waals surface area contributed by atoms with Crippen LogP contribution in [0.4, 0.5) is 0 Å². The average Bonchev–Trinajstić information content (AvgIpc) is 3.31. The summed E-state index contributed by atoms with van der Waals surface area (Å²) in [6.45, 7) is 2.07. The van der Waals surface area contributed by atoms with E-state index in [0.29, 0.717) is 41.5 Å². The van der Waals surface area contributed by atoms with Gasteiger partial charge in [0.15, 0.2) is 0 Å². The molecular formula is C16H21NO4S. The molecule has 1 heterocycles. The topological polar surface area (TPSA) is 63.7 Å². The fourth-order valence-corrected chi connectivity index (χ4v) is 5.08. The van der Waals surface area contributed by atoms with Gasteiger partial charge in [0, 0.05) is 25.4 Å². The molecule has 0 amide bonds. The summed E-state index contributed by atoms with van der Waals surface area (Å²) in [5, 5.41) is 0. The van der Waals surface area contributed by atoms with E-state index in [0.717, 1.165) is 12.8 Å². The standard InChI is InChI=1S/C16H21NO4S/c1-11-9-14(21-2)5-6-16(11)22(19,20)17-8-7-13(18)10-15(17)12-3-4-12/h5-6,9,12,15H,3-4,7-8,10H2,1-2H3/t15-/m1/s1. The van der Waals surface area contributed by atoms with Crippen LogP contribution in [0.5, 0.6) is 5.75 Å². The summed E-state index contributed by atoms with van der Waals surface area (Å²) in [6, 6.07) is 4.84. The van der Waals surface area contributed by atoms with Crippen LogP contribution in [0.2, 0.25) is 0 Å². The lowest BCUT2D eigenvalue weighted by atomic mass is 10.00. The van der Waals surface area contributed by atoms with E-state index < -0.39 is 10.0 Å². The van der Waals surface area contributed by atoms with Crippen LogP contribution in [0.3, 0.4) is 0 Å². The van der Waals surface area contributed by atoms with Crippen molar-refractivity contribution in [2.45, 2.75) is 43.5 Å². The predicted octanol–water partition coefficient (Wildman–Crippen LogP) is 2.14. The highest BCUT2D eigenvalue weighted by Gasteiger charge is 2.44. The van der Waals surface area contributed by atoms with Gasteiger partial charge in [0.2, 0.25) is 10.0 Å². The molecule has 1 aliphatic heterocycles. The first-order valence-electron chi connectivity index (χ1n) is 7.61. The normalized spacial score (nSPS) is 23.5. The maximum atomic E-state index is 13.0. The second kappa shape index (κ2) is 5.66. The van der Waals surface area contributed by atoms with Gasteiger partial charge < -0.3 is 4.74 Å². The zero-order valence-electron chi connectivity index (χ0n) is 12.9. The van der Waals surface area contributed by atoms with E-state index in [-0.39, 0.29) is 11.8 Å². The summed E-state index contributed by atoms with van der Waals surface area (Å²) >= 11 is 0. The molecule has 6 heteroatoms. The van der Waals surface area contributed by atoms with Crippen molar-refractivity contribution in [3.8, 4) is 5.75 Å². The second-order valence-electron chi connectivity index (χ2n) is 6.14. The monoisotopic (exact) mass is 323 g/mol. The van der Waals surface area contributed by atoms with Gasteiger partial charge in [-0.25, -0.2) is 8.42 Å². The molecule has 0 spiro atoms. The molecule has 0 aromatic heterocycles. The minimum atomic E-state index is -3.57. The van der Waals surface area contributed by atoms with Crippen molar-refractivity contribution >= 4 is 15.8 Å². The molecule has 0 unspecified atom stereocenters. The molecule has 1 saturated carbocycles. The van der Waals surface area contributed by atoms with Crippen LogP contribution in [0.1, 0.15) is 31.2 Å². The Morgan fingerprint density at radius 2 is 2.00 bits per heavy atom. The molecule has 2 fully saturated rings. The number of nitrogens with zero attached hydrogens (tertiary/aromatic N) is 1. The van der Waals surface area contributed by atoms with E-state index >= 15 is 0 Å². The van der Waals surface area contributed by atoms with E-state index in [1.807, 2.05) is 0 Å². The van der Waals surface area contributed by atoms with Crippen molar-refractivity contribution in [3.63, 3.8) is 0 Å². The third-order valence-corrected chi connectivity index (χ3v) is 6.64. The molecule has 2 aliphatic rings. The minimum Gasteiger partial charge on any atom is -0.497 e. The third kappa shape index (κ3) is 2.77. The Hall–Kier alpha value is -1.40. The van der Waals surface area contributed by atoms with E-state index in [1.54, 1.807) is 36.5 Å². The number of aryl methyl sites for hydroxylation is 1. The number of piperidine rings is 1. The van der Waals surface area contributed by atoms with Gasteiger partial charge in [-0.2, -0.15) is 4.31 Å². The number of sulfonamides is 1. The highest BCUT2D eigenvalue weighted by molar-refractivity contribution is 7.89. The molecule has 0 N–H and O–H groups in total. The van der Waals surface area contributed by atoms with Crippen LogP contribution in [-0.4, -0.2) is 38.2 Å². The maximum Gasteiger partial charge on any atom is 0.243 e. The Kier molecular flexibility index (Phi) is 3.99. The highest BCUT2D eigenvalue weighted by atomic mass is 32.2. The van der Waals surface area contributed by atoms with Gasteiger partial charge in [0.05, 0.1) is 12.0 Å². The molecule has 3 rings (SSSR count). The fraction of sp³-hybridized carbons (Fsp3) is 0.562. The van der Waals surface area contributed by atoms with Crippen LogP contribution < -0.4 is 4.74 Å². The van der Waals surface area contributed by atoms with Crippen molar-refractivity contribution in [2.24, 2.45) is 5.92 Å². The van der Waals surface area contributed by atoms with Crippen molar-refractivity contribution in [1.82, 2.24) is 4.31 Å². The average molecular weight is 323 g/mol. The fourth-order valence-electron chi connectivity index (χ4n) is 3.18. The first kappa shape index (κ1) is 15.5. The van der Waals surface area contributed by atoms with Crippen LogP contribution in [0.15, 0.2) is 23.1 Å². The quantitative estimate of drug-likeness (QED) is 0.851. The summed E-state index contributed by atoms with van der Waals surface area (Å²) in [4.78, 5) is 12.0. The van der Waals surface area contributed by atoms with Crippen LogP contribution >= 0.6 is 0 Å². The number of methoxy groups -OCH3 is 1. The smallest absolute Gasteiger partial charge is 0.243 e. The summed E-state index contributed by atoms with van der Waals surface area (Å²) in [5.41, 5.74) is 0.672. The Bertz CT molecular complexity index is 694. The lowest BCUT2D eigenvalue weighted by Gasteiger charge is -2.34. The SMILES string of the molecule is COc1ccc(S(=O)(=O)N2CCC(=O)C[C@@H]2C2CC2)c(C)c1. The van der Waals surface area contributed by atoms with Gasteiger partial charge in [-0.1, -0.05) is 0 Å². The van der Waals surface area contributed by atoms with Crippen molar-refractivity contribution in [2.75, 3.05) is 13.7 Å². The molecule has 1 aromatic carbocycles. The molecular weight excluding hydrogens is 302 g/mol. The van der Waals surface area contributed by atoms with E-state index in [1.165, 1.54) is 0 Å². The zero-order valence-corrected chi connectivity index (χ0v) is 13.7. The van der Waals surface area contributed by atoms with Crippen molar-refractivity contribution in [3.05, 3.63) is 23.8 Å². The number of Topliss-reactive ketones (excluding diaryl/α,β-unsaturated/α-hetero) is 1. The number of carbonyl (C=O) groups excluding carboxylic acids is 1. The van der Waals surface area contributed by atoms with Crippen molar-refractivity contribution in [1.29, 1.82) is 0 Å². The summed E-state index contributed by atoms with van der Waals surface area (Å²) < 4.78 is 32.8. The molecule has 120 valence electrons. The number of ketones is 1. The molecule has 1 atom stereocenters. The Labute approximate surface area is 131 Å². The number of ether oxygens (including phenoxy) is 1. The lowest BCUT2D eigenvalue weighted by Crippen LogP contribution is -2.47. The van der Waals surface area contributed by atoms with Crippen LogP contribution in [-0.2, 0) is 14.8 Å². The Balaban J connectivity index is 1.96. The van der Waals surface area contributed by atoms with Crippen molar-refractivity contribution < 1.29 is 17.9 Å². The number of rotatable bonds is 4. The predicted molar refractivity (Wildman–Crippen MR) is 82.4 cm³/mol. The summed E-state index contributed by atoms with van der Waals surface area (Å²) in [6.07, 6.45) is 2.72. The van der Waals surface area contributed by atoms with E-state index in [2.05, 4.69) is 0 Å². The van der Waals surface area contributed by atoms with E-state index in [4.69, 9.17) is 4.74 Å². The number of benzene rings is 1. The molecule has 0 bridgehead atoms. The number of hydrogen-bond acceptors (Lipinski definition) is 4. The van der Waals surface area contributed by atoms with E-state index in [9.17, 15) is 13.2 Å². The molecule has 22 heavy (non-hydrogen) atoms. The largest absolute Gasteiger partial charge is 0.497 e. The van der Waals surface area contributed by atoms with Gasteiger partial charge in [-0.15, -0.1) is 0 Å². The van der Waals surface area contributed by atoms with Gasteiger partial charge in [0.1, 0.15) is 11.5 Å². The Morgan fingerprint density at radius 3 is 2.59 bits per heavy atom. The lowest BCUT2D eigenvalue weighted by molar-refractivity contribution is -0.122. The Morgan fingerprint density at radius 1 is 1.27 bits per heavy atom. The highest BCUT2D eigenvalue weighted by Crippen LogP contribution is 2.41. The van der Waals surface area contributed by atoms with Gasteiger partial charge in [-0.3, -0.25) is 4.79 Å². The molecule has 5 nitrogen and oxygen atoms in total. The van der Waals surface area contributed by atoms with Crippen LogP contribution in [0.25, 0.3) is 0 Å². The first-order chi connectivity index (χ1) is 10.4. The molecule has 1 aliphatic carbocycles. The number of carbonyl (C=O) groups is 1. The van der Waals surface area contributed by atoms with Crippen LogP contribution in [0, 0.1) is 12.8 Å². The van der Waals surface area contributed by atoms with Gasteiger partial charge >= 0.3 is 0 Å². The third-order valence-electron chi connectivity index (χ3n) is 4.55. The summed E-state index contributed by atoms with van der Waals surface area (Å²) in [5.74, 6) is 1.16. The minimum absolute atomic E-state index is 0.159.